The van der Waals surface area contributed by atoms with E-state index in [0.29, 0.717) is 22.4 Å². The van der Waals surface area contributed by atoms with Gasteiger partial charge in [-0.25, -0.2) is 4.98 Å². The van der Waals surface area contributed by atoms with Gasteiger partial charge in [0.1, 0.15) is 11.6 Å². The van der Waals surface area contributed by atoms with Gasteiger partial charge >= 0.3 is 0 Å². The fraction of sp³-hybridized carbons (Fsp3) is 0.222. The van der Waals surface area contributed by atoms with E-state index in [1.807, 2.05) is 36.7 Å². The number of amides is 1. The number of nitrogens with one attached hydrogen (secondary N) is 1. The van der Waals surface area contributed by atoms with Gasteiger partial charge in [-0.15, -0.1) is 10.2 Å². The Morgan fingerprint density at radius 3 is 2.69 bits per heavy atom. The summed E-state index contributed by atoms with van der Waals surface area (Å²) in [5.41, 5.74) is 1.17. The molecule has 0 aliphatic heterocycles. The van der Waals surface area contributed by atoms with E-state index in [4.69, 9.17) is 11.6 Å². The molecular weight excluding hydrogens is 370 g/mol. The summed E-state index contributed by atoms with van der Waals surface area (Å²) >= 11 is 7.15. The first-order valence-electron chi connectivity index (χ1n) is 8.04. The number of carbonyl (C=O) groups excluding carboxylic acids is 1. The molecule has 0 aliphatic carbocycles. The van der Waals surface area contributed by atoms with E-state index < -0.39 is 0 Å². The molecule has 1 atom stereocenters. The highest BCUT2D eigenvalue weighted by Gasteiger charge is 2.19. The van der Waals surface area contributed by atoms with Gasteiger partial charge < -0.3 is 9.88 Å². The van der Waals surface area contributed by atoms with Gasteiger partial charge in [-0.1, -0.05) is 53.7 Å². The summed E-state index contributed by atoms with van der Waals surface area (Å²) in [6.07, 6.45) is 2.19. The number of benzene rings is 1. The van der Waals surface area contributed by atoms with Crippen molar-refractivity contribution in [2.24, 2.45) is 7.05 Å². The number of carbonyl (C=O) groups is 1. The molecule has 0 spiro atoms. The Morgan fingerprint density at radius 1 is 1.23 bits per heavy atom. The van der Waals surface area contributed by atoms with Gasteiger partial charge in [0.15, 0.2) is 5.16 Å². The molecule has 2 heterocycles. The van der Waals surface area contributed by atoms with Crippen molar-refractivity contribution in [1.82, 2.24) is 19.7 Å². The summed E-state index contributed by atoms with van der Waals surface area (Å²) in [7, 11) is 1.91. The molecule has 0 unspecified atom stereocenters. The summed E-state index contributed by atoms with van der Waals surface area (Å²) in [5, 5.41) is 12.1. The summed E-state index contributed by atoms with van der Waals surface area (Å²) in [6.45, 7) is 1.82. The first kappa shape index (κ1) is 18.4. The second-order valence-electron chi connectivity index (χ2n) is 5.73. The molecule has 6 nitrogen and oxygen atoms in total. The molecule has 1 aromatic carbocycles. The van der Waals surface area contributed by atoms with Crippen LogP contribution in [0.3, 0.4) is 0 Å². The molecule has 134 valence electrons. The van der Waals surface area contributed by atoms with Crippen molar-refractivity contribution in [3.8, 4) is 0 Å². The SMILES string of the molecule is C[C@H](Sc1nnc(Cc2ccccc2)n1C)C(=O)Nc1ccc(Cl)cn1. The number of aromatic nitrogens is 4. The molecule has 0 aliphatic rings. The second-order valence-corrected chi connectivity index (χ2v) is 7.48. The largest absolute Gasteiger partial charge is 0.310 e. The van der Waals surface area contributed by atoms with Crippen LogP contribution < -0.4 is 5.32 Å². The fourth-order valence-electron chi connectivity index (χ4n) is 2.27. The van der Waals surface area contributed by atoms with Crippen LogP contribution in [0.5, 0.6) is 0 Å². The lowest BCUT2D eigenvalue weighted by Gasteiger charge is -2.11. The predicted octanol–water partition coefficient (Wildman–Crippen LogP) is 3.57. The van der Waals surface area contributed by atoms with Crippen molar-refractivity contribution in [2.75, 3.05) is 5.32 Å². The Morgan fingerprint density at radius 2 is 2.00 bits per heavy atom. The van der Waals surface area contributed by atoms with Crippen LogP contribution in [0.2, 0.25) is 5.02 Å². The molecule has 2 aromatic heterocycles. The van der Waals surface area contributed by atoms with Gasteiger partial charge in [0.05, 0.1) is 10.3 Å². The zero-order chi connectivity index (χ0) is 18.5. The van der Waals surface area contributed by atoms with Crippen LogP contribution in [0.4, 0.5) is 5.82 Å². The lowest BCUT2D eigenvalue weighted by atomic mass is 10.1. The Bertz CT molecular complexity index is 882. The fourth-order valence-corrected chi connectivity index (χ4v) is 3.21. The van der Waals surface area contributed by atoms with E-state index in [1.54, 1.807) is 12.1 Å². The Balaban J connectivity index is 1.63. The maximum Gasteiger partial charge on any atom is 0.238 e. The zero-order valence-corrected chi connectivity index (χ0v) is 16.0. The highest BCUT2D eigenvalue weighted by Crippen LogP contribution is 2.23. The number of hydrogen-bond acceptors (Lipinski definition) is 5. The topological polar surface area (TPSA) is 72.7 Å². The van der Waals surface area contributed by atoms with Gasteiger partial charge in [-0.2, -0.15) is 0 Å². The van der Waals surface area contributed by atoms with Gasteiger partial charge in [0, 0.05) is 19.7 Å². The summed E-state index contributed by atoms with van der Waals surface area (Å²) in [5.74, 6) is 1.16. The first-order chi connectivity index (χ1) is 12.5. The van der Waals surface area contributed by atoms with Crippen molar-refractivity contribution in [2.45, 2.75) is 23.8 Å². The minimum Gasteiger partial charge on any atom is -0.310 e. The minimum absolute atomic E-state index is 0.155. The zero-order valence-electron chi connectivity index (χ0n) is 14.4. The monoisotopic (exact) mass is 387 g/mol. The van der Waals surface area contributed by atoms with Gasteiger partial charge in [-0.05, 0) is 24.6 Å². The number of thioether (sulfide) groups is 1. The number of rotatable bonds is 6. The van der Waals surface area contributed by atoms with Crippen LogP contribution in [-0.4, -0.2) is 30.9 Å². The Labute approximate surface area is 161 Å². The molecule has 0 fully saturated rings. The molecule has 1 amide bonds. The smallest absolute Gasteiger partial charge is 0.238 e. The molecule has 3 rings (SSSR count). The van der Waals surface area contributed by atoms with E-state index in [9.17, 15) is 4.79 Å². The molecular formula is C18H18ClN5OS. The van der Waals surface area contributed by atoms with Crippen LogP contribution in [-0.2, 0) is 18.3 Å². The Kier molecular flexibility index (Phi) is 5.90. The van der Waals surface area contributed by atoms with Crippen LogP contribution in [0.25, 0.3) is 0 Å². The molecule has 0 saturated heterocycles. The van der Waals surface area contributed by atoms with E-state index in [-0.39, 0.29) is 11.2 Å². The van der Waals surface area contributed by atoms with Gasteiger partial charge in [0.25, 0.3) is 0 Å². The summed E-state index contributed by atoms with van der Waals surface area (Å²) in [6, 6.07) is 13.4. The highest BCUT2D eigenvalue weighted by molar-refractivity contribution is 8.00. The van der Waals surface area contributed by atoms with Crippen LogP contribution in [0.1, 0.15) is 18.3 Å². The van der Waals surface area contributed by atoms with Crippen LogP contribution in [0, 0.1) is 0 Å². The molecule has 3 aromatic rings. The number of nitrogens with zero attached hydrogens (tertiary/aromatic N) is 4. The van der Waals surface area contributed by atoms with Crippen LogP contribution >= 0.6 is 23.4 Å². The van der Waals surface area contributed by atoms with Gasteiger partial charge in [0.2, 0.25) is 5.91 Å². The summed E-state index contributed by atoms with van der Waals surface area (Å²) in [4.78, 5) is 16.4. The molecule has 0 radical (unpaired) electrons. The third kappa shape index (κ3) is 4.62. The molecule has 1 N–H and O–H groups in total. The first-order valence-corrected chi connectivity index (χ1v) is 9.30. The maximum atomic E-state index is 12.3. The second kappa shape index (κ2) is 8.33. The molecule has 0 bridgehead atoms. The third-order valence-corrected chi connectivity index (χ3v) is 5.12. The van der Waals surface area contributed by atoms with E-state index in [2.05, 4.69) is 32.6 Å². The molecule has 8 heteroatoms. The molecule has 26 heavy (non-hydrogen) atoms. The van der Waals surface area contributed by atoms with E-state index in [0.717, 1.165) is 5.82 Å². The van der Waals surface area contributed by atoms with E-state index >= 15 is 0 Å². The standard InChI is InChI=1S/C18H18ClN5OS/c1-12(17(25)21-15-9-8-14(19)11-20-15)26-18-23-22-16(24(18)2)10-13-6-4-3-5-7-13/h3-9,11-12H,10H2,1-2H3,(H,20,21,25)/t12-/m0/s1. The lowest BCUT2D eigenvalue weighted by Crippen LogP contribution is -2.23. The van der Waals surface area contributed by atoms with Crippen molar-refractivity contribution in [1.29, 1.82) is 0 Å². The summed E-state index contributed by atoms with van der Waals surface area (Å²) < 4.78 is 1.92. The predicted molar refractivity (Wildman–Crippen MR) is 103 cm³/mol. The third-order valence-electron chi connectivity index (χ3n) is 3.76. The van der Waals surface area contributed by atoms with Crippen molar-refractivity contribution in [3.63, 3.8) is 0 Å². The lowest BCUT2D eigenvalue weighted by molar-refractivity contribution is -0.115. The van der Waals surface area contributed by atoms with Crippen molar-refractivity contribution < 1.29 is 4.79 Å². The average Bonchev–Trinajstić information content (AvgIpc) is 2.98. The van der Waals surface area contributed by atoms with Crippen LogP contribution in [0.15, 0.2) is 53.8 Å². The number of pyridine rings is 1. The number of anilines is 1. The van der Waals surface area contributed by atoms with E-state index in [1.165, 1.54) is 23.5 Å². The quantitative estimate of drug-likeness (QED) is 0.654. The number of halogens is 1. The Hall–Kier alpha value is -2.38. The van der Waals surface area contributed by atoms with Crippen molar-refractivity contribution in [3.05, 3.63) is 65.1 Å². The normalized spacial score (nSPS) is 12.0. The average molecular weight is 388 g/mol. The molecule has 0 saturated carbocycles. The van der Waals surface area contributed by atoms with Gasteiger partial charge in [-0.3, -0.25) is 4.79 Å². The highest BCUT2D eigenvalue weighted by atomic mass is 35.5. The number of hydrogen-bond donors (Lipinski definition) is 1. The minimum atomic E-state index is -0.347. The maximum absolute atomic E-state index is 12.3. The van der Waals surface area contributed by atoms with Crippen molar-refractivity contribution >= 4 is 35.1 Å².